The zero-order valence-corrected chi connectivity index (χ0v) is 16.1. The number of aromatic nitrogens is 1. The van der Waals surface area contributed by atoms with Gasteiger partial charge in [-0.05, 0) is 31.4 Å². The van der Waals surface area contributed by atoms with E-state index in [0.29, 0.717) is 17.0 Å². The van der Waals surface area contributed by atoms with Crippen molar-refractivity contribution in [2.24, 2.45) is 9.98 Å². The van der Waals surface area contributed by atoms with Crippen molar-refractivity contribution < 1.29 is 4.79 Å². The molecule has 2 heterocycles. The second kappa shape index (κ2) is 9.10. The molecule has 2 rings (SSSR count). The Morgan fingerprint density at radius 2 is 2.12 bits per heavy atom. The highest BCUT2D eigenvalue weighted by atomic mass is 32.2. The van der Waals surface area contributed by atoms with Crippen LogP contribution in [0.2, 0.25) is 0 Å². The van der Waals surface area contributed by atoms with E-state index in [1.165, 1.54) is 23.0 Å². The summed E-state index contributed by atoms with van der Waals surface area (Å²) in [7, 11) is 3.79. The van der Waals surface area contributed by atoms with E-state index in [0.717, 1.165) is 23.4 Å². The first-order valence-corrected chi connectivity index (χ1v) is 9.17. The number of nitrogens with zero attached hydrogens (tertiary/aromatic N) is 5. The SMILES string of the molecule is CS/C(=C\C1=C(N(C)C)N=CN=CC1)C(=O)N(C=N)c1ccc(C)nc1. The van der Waals surface area contributed by atoms with E-state index in [9.17, 15) is 4.79 Å². The monoisotopic (exact) mass is 370 g/mol. The molecule has 0 saturated carbocycles. The minimum absolute atomic E-state index is 0.283. The molecule has 26 heavy (non-hydrogen) atoms. The van der Waals surface area contributed by atoms with Crippen LogP contribution in [0, 0.1) is 12.3 Å². The van der Waals surface area contributed by atoms with Crippen molar-refractivity contribution in [1.82, 2.24) is 9.88 Å². The van der Waals surface area contributed by atoms with Gasteiger partial charge in [-0.2, -0.15) is 0 Å². The Balaban J connectivity index is 2.41. The Kier molecular flexibility index (Phi) is 6.85. The van der Waals surface area contributed by atoms with Gasteiger partial charge < -0.3 is 4.90 Å². The predicted octanol–water partition coefficient (Wildman–Crippen LogP) is 2.85. The normalized spacial score (nSPS) is 14.2. The first-order valence-electron chi connectivity index (χ1n) is 7.95. The second-order valence-electron chi connectivity index (χ2n) is 5.70. The Hall–Kier alpha value is -2.74. The van der Waals surface area contributed by atoms with E-state index < -0.39 is 0 Å². The molecule has 1 amide bonds. The fraction of sp³-hybridized carbons (Fsp3) is 0.278. The van der Waals surface area contributed by atoms with Crippen LogP contribution in [-0.4, -0.2) is 55.0 Å². The minimum atomic E-state index is -0.283. The number of allylic oxidation sites excluding steroid dienone is 2. The zero-order chi connectivity index (χ0) is 19.1. The Morgan fingerprint density at radius 1 is 1.35 bits per heavy atom. The molecule has 1 aromatic rings. The average molecular weight is 370 g/mol. The summed E-state index contributed by atoms with van der Waals surface area (Å²) < 4.78 is 0. The molecule has 1 aromatic heterocycles. The molecule has 136 valence electrons. The third-order valence-electron chi connectivity index (χ3n) is 3.63. The van der Waals surface area contributed by atoms with Gasteiger partial charge in [0, 0.05) is 38.0 Å². The van der Waals surface area contributed by atoms with E-state index in [2.05, 4.69) is 15.0 Å². The van der Waals surface area contributed by atoms with Crippen LogP contribution in [0.15, 0.2) is 50.7 Å². The smallest absolute Gasteiger partial charge is 0.270 e. The topological polar surface area (TPSA) is 85.0 Å². The summed E-state index contributed by atoms with van der Waals surface area (Å²) in [5.74, 6) is 0.467. The summed E-state index contributed by atoms with van der Waals surface area (Å²) in [6.45, 7) is 1.87. The summed E-state index contributed by atoms with van der Waals surface area (Å²) in [6, 6.07) is 3.58. The molecule has 8 heteroatoms. The number of thioether (sulfide) groups is 1. The number of rotatable bonds is 6. The second-order valence-corrected chi connectivity index (χ2v) is 6.55. The number of nitrogens with one attached hydrogen (secondary N) is 1. The maximum atomic E-state index is 13.0. The third kappa shape index (κ3) is 4.66. The van der Waals surface area contributed by atoms with E-state index in [1.54, 1.807) is 18.5 Å². The lowest BCUT2D eigenvalue weighted by molar-refractivity contribution is -0.113. The number of hydrogen-bond acceptors (Lipinski definition) is 7. The first kappa shape index (κ1) is 19.6. The molecule has 0 unspecified atom stereocenters. The van der Waals surface area contributed by atoms with Gasteiger partial charge in [0.25, 0.3) is 5.91 Å². The van der Waals surface area contributed by atoms with Gasteiger partial charge in [-0.3, -0.25) is 20.1 Å². The molecule has 0 spiro atoms. The lowest BCUT2D eigenvalue weighted by Gasteiger charge is -2.19. The fourth-order valence-electron chi connectivity index (χ4n) is 2.32. The third-order valence-corrected chi connectivity index (χ3v) is 4.36. The van der Waals surface area contributed by atoms with Crippen molar-refractivity contribution >= 4 is 42.2 Å². The van der Waals surface area contributed by atoms with Gasteiger partial charge in [0.05, 0.1) is 23.1 Å². The molecule has 0 aromatic carbocycles. The highest BCUT2D eigenvalue weighted by molar-refractivity contribution is 8.03. The van der Waals surface area contributed by atoms with Gasteiger partial charge in [0.2, 0.25) is 0 Å². The van der Waals surface area contributed by atoms with Crippen molar-refractivity contribution in [2.45, 2.75) is 13.3 Å². The van der Waals surface area contributed by atoms with Crippen molar-refractivity contribution in [1.29, 1.82) is 5.41 Å². The number of hydrogen-bond donors (Lipinski definition) is 1. The van der Waals surface area contributed by atoms with E-state index in [4.69, 9.17) is 5.41 Å². The number of aliphatic imine (C=N–C) groups is 2. The van der Waals surface area contributed by atoms with Gasteiger partial charge in [0.1, 0.15) is 12.2 Å². The highest BCUT2D eigenvalue weighted by Crippen LogP contribution is 2.24. The van der Waals surface area contributed by atoms with Crippen LogP contribution in [0.1, 0.15) is 12.1 Å². The summed E-state index contributed by atoms with van der Waals surface area (Å²) in [5.41, 5.74) is 2.29. The fourth-order valence-corrected chi connectivity index (χ4v) is 2.86. The van der Waals surface area contributed by atoms with Gasteiger partial charge in [-0.15, -0.1) is 11.8 Å². The molecule has 0 radical (unpaired) electrons. The molecule has 0 atom stereocenters. The zero-order valence-electron chi connectivity index (χ0n) is 15.3. The number of carbonyl (C=O) groups excluding carboxylic acids is 1. The molecule has 0 aliphatic carbocycles. The van der Waals surface area contributed by atoms with Crippen LogP contribution in [0.5, 0.6) is 0 Å². The Bertz CT molecular complexity index is 792. The molecule has 7 nitrogen and oxygen atoms in total. The number of amides is 1. The van der Waals surface area contributed by atoms with E-state index in [1.807, 2.05) is 44.3 Å². The number of carbonyl (C=O) groups is 1. The van der Waals surface area contributed by atoms with Gasteiger partial charge in [0.15, 0.2) is 0 Å². The Labute approximate surface area is 157 Å². The summed E-state index contributed by atoms with van der Waals surface area (Å²) in [6.07, 6.45) is 10.1. The van der Waals surface area contributed by atoms with Crippen LogP contribution >= 0.6 is 11.8 Å². The maximum Gasteiger partial charge on any atom is 0.270 e. The summed E-state index contributed by atoms with van der Waals surface area (Å²) in [4.78, 5) is 29.3. The molecular weight excluding hydrogens is 348 g/mol. The molecule has 1 N–H and O–H groups in total. The lowest BCUT2D eigenvalue weighted by atomic mass is 10.1. The maximum absolute atomic E-state index is 13.0. The van der Waals surface area contributed by atoms with Crippen molar-refractivity contribution in [3.05, 3.63) is 46.4 Å². The summed E-state index contributed by atoms with van der Waals surface area (Å²) in [5, 5.41) is 7.66. The molecule has 1 aliphatic rings. The lowest BCUT2D eigenvalue weighted by Crippen LogP contribution is -2.30. The minimum Gasteiger partial charge on any atom is -0.362 e. The number of pyridine rings is 1. The van der Waals surface area contributed by atoms with E-state index in [-0.39, 0.29) is 5.91 Å². The van der Waals surface area contributed by atoms with Crippen LogP contribution in [0.3, 0.4) is 0 Å². The largest absolute Gasteiger partial charge is 0.362 e. The molecule has 1 aliphatic heterocycles. The van der Waals surface area contributed by atoms with Gasteiger partial charge >= 0.3 is 0 Å². The average Bonchev–Trinajstić information content (AvgIpc) is 2.87. The van der Waals surface area contributed by atoms with E-state index >= 15 is 0 Å². The molecular formula is C18H22N6OS. The molecule has 0 bridgehead atoms. The van der Waals surface area contributed by atoms with Crippen LogP contribution < -0.4 is 4.90 Å². The van der Waals surface area contributed by atoms with Crippen LogP contribution in [0.25, 0.3) is 0 Å². The predicted molar refractivity (Wildman–Crippen MR) is 109 cm³/mol. The number of aryl methyl sites for hydroxylation is 1. The highest BCUT2D eigenvalue weighted by Gasteiger charge is 2.20. The molecule has 0 saturated heterocycles. The van der Waals surface area contributed by atoms with Crippen LogP contribution in [0.4, 0.5) is 5.69 Å². The number of anilines is 1. The standard InChI is InChI=1S/C18H22N6OS/c1-13-5-6-15(10-21-13)24(11-19)18(25)16(26-4)9-14-7-8-20-12-22-17(14)23(2)3/h5-6,8-12,19H,7H2,1-4H3/b16-9-,19-11?. The first-order chi connectivity index (χ1) is 12.5. The molecule has 0 fully saturated rings. The summed E-state index contributed by atoms with van der Waals surface area (Å²) >= 11 is 1.33. The van der Waals surface area contributed by atoms with Crippen molar-refractivity contribution in [3.8, 4) is 0 Å². The van der Waals surface area contributed by atoms with Crippen molar-refractivity contribution in [3.63, 3.8) is 0 Å². The quantitative estimate of drug-likeness (QED) is 0.474. The van der Waals surface area contributed by atoms with Crippen LogP contribution in [-0.2, 0) is 4.79 Å². The van der Waals surface area contributed by atoms with Gasteiger partial charge in [-0.25, -0.2) is 9.98 Å². The Morgan fingerprint density at radius 3 is 2.69 bits per heavy atom. The van der Waals surface area contributed by atoms with Crippen molar-refractivity contribution in [2.75, 3.05) is 25.3 Å². The van der Waals surface area contributed by atoms with Gasteiger partial charge in [-0.1, -0.05) is 0 Å².